The summed E-state index contributed by atoms with van der Waals surface area (Å²) in [5, 5.41) is 21.7. The molecule has 1 aliphatic heterocycles. The molecule has 7 nitrogen and oxygen atoms in total. The van der Waals surface area contributed by atoms with Gasteiger partial charge >= 0.3 is 0 Å². The lowest BCUT2D eigenvalue weighted by atomic mass is 9.88. The maximum atomic E-state index is 11.7. The van der Waals surface area contributed by atoms with Gasteiger partial charge in [-0.1, -0.05) is 71.9 Å². The average molecular weight is 407 g/mol. The normalized spacial score (nSPS) is 14.5. The molecule has 7 heteroatoms. The van der Waals surface area contributed by atoms with E-state index < -0.39 is 5.92 Å². The van der Waals surface area contributed by atoms with E-state index in [2.05, 4.69) is 15.3 Å². The fraction of sp³-hybridized carbons (Fsp3) is 0.0833. The second kappa shape index (κ2) is 6.63. The number of hydrogen-bond donors (Lipinski definition) is 1. The number of hydrogen-bond acceptors (Lipinski definition) is 4. The highest BCUT2D eigenvalue weighted by Crippen LogP contribution is 2.46. The van der Waals surface area contributed by atoms with Crippen molar-refractivity contribution in [2.45, 2.75) is 5.92 Å². The minimum Gasteiger partial charge on any atom is -0.353 e. The van der Waals surface area contributed by atoms with E-state index in [1.54, 1.807) is 0 Å². The second-order valence-electron chi connectivity index (χ2n) is 7.65. The van der Waals surface area contributed by atoms with Crippen LogP contribution >= 0.6 is 0 Å². The molecule has 3 heterocycles. The standard InChI is InChI=1S/C24H17N5O2/c30-28(31)14-18-16-10-5-7-13-20(16)29-24(22(26-27-29)15-8-2-1-3-9-15)23-21(18)17-11-4-6-12-19(17)25-23/h1-13,18,25H,14H2/t18-/m0/s1. The summed E-state index contributed by atoms with van der Waals surface area (Å²) in [5.74, 6) is -0.414. The molecule has 0 bridgehead atoms. The Labute approximate surface area is 177 Å². The van der Waals surface area contributed by atoms with Gasteiger partial charge in [0.05, 0.1) is 17.3 Å². The maximum absolute atomic E-state index is 11.7. The molecule has 0 spiro atoms. The zero-order valence-corrected chi connectivity index (χ0v) is 16.4. The minimum absolute atomic E-state index is 0.204. The van der Waals surface area contributed by atoms with Crippen molar-refractivity contribution in [3.63, 3.8) is 0 Å². The molecule has 3 aromatic carbocycles. The van der Waals surface area contributed by atoms with E-state index in [0.29, 0.717) is 0 Å². The number of nitro groups is 1. The molecule has 5 aromatic rings. The summed E-state index contributed by atoms with van der Waals surface area (Å²) in [6, 6.07) is 25.6. The zero-order valence-electron chi connectivity index (χ0n) is 16.4. The molecule has 0 saturated heterocycles. The zero-order chi connectivity index (χ0) is 20.9. The Balaban J connectivity index is 1.76. The number of aromatic nitrogens is 4. The van der Waals surface area contributed by atoms with E-state index in [1.807, 2.05) is 83.5 Å². The third-order valence-corrected chi connectivity index (χ3v) is 5.92. The van der Waals surface area contributed by atoms with Crippen LogP contribution in [0, 0.1) is 10.1 Å². The molecular formula is C24H17N5O2. The number of fused-ring (bicyclic) bond motifs is 7. The lowest BCUT2D eigenvalue weighted by Gasteiger charge is -2.15. The van der Waals surface area contributed by atoms with Crippen molar-refractivity contribution in [2.24, 2.45) is 0 Å². The third-order valence-electron chi connectivity index (χ3n) is 5.92. The first-order valence-corrected chi connectivity index (χ1v) is 10.1. The average Bonchev–Trinajstić information content (AvgIpc) is 3.37. The Bertz CT molecular complexity index is 1450. The Morgan fingerprint density at radius 1 is 0.968 bits per heavy atom. The molecular weight excluding hydrogens is 390 g/mol. The van der Waals surface area contributed by atoms with Gasteiger partial charge < -0.3 is 4.98 Å². The van der Waals surface area contributed by atoms with Gasteiger partial charge in [-0.05, 0) is 17.7 Å². The number of aromatic amines is 1. The number of rotatable bonds is 3. The second-order valence-corrected chi connectivity index (χ2v) is 7.65. The van der Waals surface area contributed by atoms with Crippen LogP contribution in [-0.2, 0) is 0 Å². The van der Waals surface area contributed by atoms with Crippen LogP contribution in [-0.4, -0.2) is 31.4 Å². The molecule has 150 valence electrons. The van der Waals surface area contributed by atoms with Crippen LogP contribution in [0.25, 0.3) is 39.2 Å². The first-order chi connectivity index (χ1) is 15.2. The number of nitrogens with one attached hydrogen (secondary N) is 1. The molecule has 0 radical (unpaired) electrons. The van der Waals surface area contributed by atoms with Crippen molar-refractivity contribution in [2.75, 3.05) is 6.54 Å². The largest absolute Gasteiger partial charge is 0.353 e. The highest BCUT2D eigenvalue weighted by atomic mass is 16.6. The fourth-order valence-corrected chi connectivity index (χ4v) is 4.65. The summed E-state index contributed by atoms with van der Waals surface area (Å²) < 4.78 is 1.81. The van der Waals surface area contributed by atoms with Crippen molar-refractivity contribution < 1.29 is 4.92 Å². The van der Waals surface area contributed by atoms with Gasteiger partial charge in [-0.3, -0.25) is 10.1 Å². The first kappa shape index (κ1) is 17.6. The van der Waals surface area contributed by atoms with E-state index in [9.17, 15) is 10.1 Å². The van der Waals surface area contributed by atoms with Crippen molar-refractivity contribution in [1.82, 2.24) is 20.0 Å². The van der Waals surface area contributed by atoms with Gasteiger partial charge in [-0.15, -0.1) is 5.10 Å². The fourth-order valence-electron chi connectivity index (χ4n) is 4.65. The number of para-hydroxylation sites is 2. The Kier molecular flexibility index (Phi) is 3.76. The summed E-state index contributed by atoms with van der Waals surface area (Å²) in [6.45, 7) is -0.204. The Morgan fingerprint density at radius 3 is 2.55 bits per heavy atom. The molecule has 31 heavy (non-hydrogen) atoms. The lowest BCUT2D eigenvalue weighted by molar-refractivity contribution is -0.481. The predicted octanol–water partition coefficient (Wildman–Crippen LogP) is 4.80. The Morgan fingerprint density at radius 2 is 1.71 bits per heavy atom. The van der Waals surface area contributed by atoms with Crippen molar-refractivity contribution >= 4 is 10.9 Å². The minimum atomic E-state index is -0.414. The van der Waals surface area contributed by atoms with Crippen LogP contribution in [0.4, 0.5) is 0 Å². The SMILES string of the molecule is O=[N+]([O-])C[C@H]1c2ccccc2-n2nnc(-c3ccccc3)c2-c2[nH]c3ccccc3c21. The van der Waals surface area contributed by atoms with Gasteiger partial charge in [0.1, 0.15) is 11.4 Å². The van der Waals surface area contributed by atoms with Gasteiger partial charge in [0.15, 0.2) is 0 Å². The molecule has 0 saturated carbocycles. The molecule has 1 N–H and O–H groups in total. The van der Waals surface area contributed by atoms with E-state index >= 15 is 0 Å². The topological polar surface area (TPSA) is 89.6 Å². The molecule has 0 fully saturated rings. The molecule has 0 amide bonds. The van der Waals surface area contributed by atoms with Gasteiger partial charge in [0.2, 0.25) is 6.54 Å². The predicted molar refractivity (Wildman–Crippen MR) is 118 cm³/mol. The summed E-state index contributed by atoms with van der Waals surface area (Å²) >= 11 is 0. The molecule has 0 unspecified atom stereocenters. The number of benzene rings is 3. The summed E-state index contributed by atoms with van der Waals surface area (Å²) in [6.07, 6.45) is 0. The molecule has 1 aliphatic rings. The first-order valence-electron chi connectivity index (χ1n) is 10.1. The highest BCUT2D eigenvalue weighted by molar-refractivity contribution is 5.95. The molecule has 1 atom stereocenters. The van der Waals surface area contributed by atoms with Gasteiger partial charge in [-0.2, -0.15) is 0 Å². The third kappa shape index (κ3) is 2.60. The van der Waals surface area contributed by atoms with Crippen LogP contribution in [0.15, 0.2) is 78.9 Å². The van der Waals surface area contributed by atoms with Crippen LogP contribution in [0.3, 0.4) is 0 Å². The van der Waals surface area contributed by atoms with Crippen LogP contribution < -0.4 is 0 Å². The van der Waals surface area contributed by atoms with Crippen LogP contribution in [0.2, 0.25) is 0 Å². The smallest absolute Gasteiger partial charge is 0.214 e. The number of H-pyrrole nitrogens is 1. The van der Waals surface area contributed by atoms with E-state index in [4.69, 9.17) is 0 Å². The summed E-state index contributed by atoms with van der Waals surface area (Å²) in [7, 11) is 0. The van der Waals surface area contributed by atoms with Gasteiger partial charge in [-0.25, -0.2) is 4.68 Å². The highest BCUT2D eigenvalue weighted by Gasteiger charge is 2.35. The van der Waals surface area contributed by atoms with E-state index in [-0.39, 0.29) is 11.5 Å². The quantitative estimate of drug-likeness (QED) is 0.343. The molecule has 2 aromatic heterocycles. The molecule has 0 aliphatic carbocycles. The van der Waals surface area contributed by atoms with Crippen molar-refractivity contribution in [3.8, 4) is 28.3 Å². The monoisotopic (exact) mass is 407 g/mol. The number of nitrogens with zero attached hydrogens (tertiary/aromatic N) is 4. The summed E-state index contributed by atoms with van der Waals surface area (Å²) in [5.41, 5.74) is 6.86. The van der Waals surface area contributed by atoms with Gasteiger partial charge in [0, 0.05) is 27.0 Å². The van der Waals surface area contributed by atoms with Crippen LogP contribution in [0.1, 0.15) is 17.0 Å². The maximum Gasteiger partial charge on any atom is 0.214 e. The van der Waals surface area contributed by atoms with E-state index in [0.717, 1.165) is 50.4 Å². The Hall–Kier alpha value is -4.26. The van der Waals surface area contributed by atoms with Crippen molar-refractivity contribution in [3.05, 3.63) is 100 Å². The molecule has 6 rings (SSSR count). The van der Waals surface area contributed by atoms with Crippen LogP contribution in [0.5, 0.6) is 0 Å². The summed E-state index contributed by atoms with van der Waals surface area (Å²) in [4.78, 5) is 15.0. The lowest BCUT2D eigenvalue weighted by Crippen LogP contribution is -2.15. The van der Waals surface area contributed by atoms with Crippen molar-refractivity contribution in [1.29, 1.82) is 0 Å². The van der Waals surface area contributed by atoms with E-state index in [1.165, 1.54) is 0 Å². The van der Waals surface area contributed by atoms with Gasteiger partial charge in [0.25, 0.3) is 0 Å².